The second-order valence-corrected chi connectivity index (χ2v) is 5.95. The number of unbranched alkanes of at least 4 members (excludes halogenated alkanes) is 1. The van der Waals surface area contributed by atoms with Crippen LogP contribution in [0.5, 0.6) is 5.75 Å². The normalized spacial score (nSPS) is 10.9. The number of fused-ring (bicyclic) bond motifs is 1. The third kappa shape index (κ3) is 3.51. The molecule has 0 unspecified atom stereocenters. The number of anilines is 1. The molecule has 0 spiro atoms. The molecule has 124 valence electrons. The molecular formula is C18H17ClN2O3. The van der Waals surface area contributed by atoms with Gasteiger partial charge in [-0.1, -0.05) is 24.9 Å². The molecule has 2 aromatic carbocycles. The largest absolute Gasteiger partial charge is 0.507 e. The quantitative estimate of drug-likeness (QED) is 0.640. The second kappa shape index (κ2) is 6.93. The predicted octanol–water partition coefficient (Wildman–Crippen LogP) is 4.98. The molecule has 0 aliphatic heterocycles. The highest BCUT2D eigenvalue weighted by Gasteiger charge is 2.14. The number of hydrogen-bond acceptors (Lipinski definition) is 4. The average Bonchev–Trinajstić information content (AvgIpc) is 2.97. The number of amides is 1. The summed E-state index contributed by atoms with van der Waals surface area (Å²) in [6, 6.07) is 9.92. The Morgan fingerprint density at radius 1 is 1.29 bits per heavy atom. The Morgan fingerprint density at radius 3 is 2.92 bits per heavy atom. The van der Waals surface area contributed by atoms with Crippen LogP contribution in [0.4, 0.5) is 5.69 Å². The zero-order valence-corrected chi connectivity index (χ0v) is 13.9. The number of benzene rings is 2. The first-order valence-electron chi connectivity index (χ1n) is 7.76. The molecule has 0 atom stereocenters. The molecule has 0 fully saturated rings. The van der Waals surface area contributed by atoms with Gasteiger partial charge in [-0.2, -0.15) is 0 Å². The number of nitrogens with zero attached hydrogens (tertiary/aromatic N) is 1. The van der Waals surface area contributed by atoms with Crippen molar-refractivity contribution in [1.29, 1.82) is 0 Å². The second-order valence-electron chi connectivity index (χ2n) is 5.51. The van der Waals surface area contributed by atoms with E-state index in [4.69, 9.17) is 16.0 Å². The molecule has 0 aliphatic rings. The van der Waals surface area contributed by atoms with Crippen molar-refractivity contribution in [3.63, 3.8) is 0 Å². The number of aromatic nitrogens is 1. The summed E-state index contributed by atoms with van der Waals surface area (Å²) in [5, 5.41) is 13.5. The van der Waals surface area contributed by atoms with Crippen molar-refractivity contribution < 1.29 is 14.3 Å². The van der Waals surface area contributed by atoms with Crippen molar-refractivity contribution in [2.75, 3.05) is 5.32 Å². The van der Waals surface area contributed by atoms with Crippen molar-refractivity contribution in [2.45, 2.75) is 26.2 Å². The summed E-state index contributed by atoms with van der Waals surface area (Å²) in [7, 11) is 0. The number of oxazole rings is 1. The van der Waals surface area contributed by atoms with Gasteiger partial charge in [0.1, 0.15) is 11.3 Å². The van der Waals surface area contributed by atoms with Gasteiger partial charge < -0.3 is 14.8 Å². The Labute approximate surface area is 144 Å². The van der Waals surface area contributed by atoms with Crippen LogP contribution in [0, 0.1) is 0 Å². The maximum Gasteiger partial charge on any atom is 0.231 e. The number of phenolic OH excluding ortho intramolecular Hbond substituents is 1. The van der Waals surface area contributed by atoms with E-state index in [0.29, 0.717) is 33.8 Å². The SMILES string of the molecule is CCCCC(=O)Nc1ccc(O)c(-c2nc3cc(Cl)ccc3o2)c1. The van der Waals surface area contributed by atoms with Crippen LogP contribution < -0.4 is 5.32 Å². The Bertz CT molecular complexity index is 889. The van der Waals surface area contributed by atoms with E-state index in [1.54, 1.807) is 30.3 Å². The zero-order chi connectivity index (χ0) is 17.1. The number of aromatic hydroxyl groups is 1. The van der Waals surface area contributed by atoms with Gasteiger partial charge in [-0.25, -0.2) is 4.98 Å². The summed E-state index contributed by atoms with van der Waals surface area (Å²) >= 11 is 5.95. The smallest absolute Gasteiger partial charge is 0.231 e. The van der Waals surface area contributed by atoms with Crippen molar-refractivity contribution in [1.82, 2.24) is 4.98 Å². The lowest BCUT2D eigenvalue weighted by Crippen LogP contribution is -2.10. The molecular weight excluding hydrogens is 328 g/mol. The first-order chi connectivity index (χ1) is 11.6. The number of halogens is 1. The topological polar surface area (TPSA) is 75.4 Å². The lowest BCUT2D eigenvalue weighted by molar-refractivity contribution is -0.116. The van der Waals surface area contributed by atoms with Gasteiger partial charge in [0.15, 0.2) is 5.58 Å². The highest BCUT2D eigenvalue weighted by molar-refractivity contribution is 6.31. The Balaban J connectivity index is 1.91. The number of hydrogen-bond donors (Lipinski definition) is 2. The van der Waals surface area contributed by atoms with E-state index < -0.39 is 0 Å². The summed E-state index contributed by atoms with van der Waals surface area (Å²) in [5.41, 5.74) is 2.18. The summed E-state index contributed by atoms with van der Waals surface area (Å²) in [6.45, 7) is 2.03. The Hall–Kier alpha value is -2.53. The summed E-state index contributed by atoms with van der Waals surface area (Å²) < 4.78 is 5.67. The molecule has 0 saturated heterocycles. The predicted molar refractivity (Wildman–Crippen MR) is 94.3 cm³/mol. The minimum Gasteiger partial charge on any atom is -0.507 e. The van der Waals surface area contributed by atoms with Gasteiger partial charge >= 0.3 is 0 Å². The summed E-state index contributed by atoms with van der Waals surface area (Å²) in [5.74, 6) is 0.242. The van der Waals surface area contributed by atoms with Gasteiger partial charge in [0, 0.05) is 17.1 Å². The lowest BCUT2D eigenvalue weighted by atomic mass is 10.1. The van der Waals surface area contributed by atoms with Crippen LogP contribution in [-0.2, 0) is 4.79 Å². The molecule has 0 aliphatic carbocycles. The molecule has 6 heteroatoms. The van der Waals surface area contributed by atoms with E-state index in [2.05, 4.69) is 10.3 Å². The van der Waals surface area contributed by atoms with Crippen LogP contribution >= 0.6 is 11.6 Å². The van der Waals surface area contributed by atoms with Crippen LogP contribution in [0.1, 0.15) is 26.2 Å². The fraction of sp³-hybridized carbons (Fsp3) is 0.222. The minimum absolute atomic E-state index is 0.0270. The van der Waals surface area contributed by atoms with E-state index >= 15 is 0 Å². The van der Waals surface area contributed by atoms with Crippen LogP contribution in [0.3, 0.4) is 0 Å². The number of phenols is 1. The molecule has 24 heavy (non-hydrogen) atoms. The van der Waals surface area contributed by atoms with E-state index in [9.17, 15) is 9.90 Å². The van der Waals surface area contributed by atoms with Gasteiger partial charge in [0.2, 0.25) is 11.8 Å². The zero-order valence-electron chi connectivity index (χ0n) is 13.2. The number of nitrogens with one attached hydrogen (secondary N) is 1. The van der Waals surface area contributed by atoms with Crippen molar-refractivity contribution in [3.05, 3.63) is 41.4 Å². The molecule has 1 aromatic heterocycles. The lowest BCUT2D eigenvalue weighted by Gasteiger charge is -2.07. The first-order valence-corrected chi connectivity index (χ1v) is 8.14. The molecule has 3 aromatic rings. The Morgan fingerprint density at radius 2 is 2.12 bits per heavy atom. The Kier molecular flexibility index (Phi) is 4.71. The molecule has 3 rings (SSSR count). The van der Waals surface area contributed by atoms with Gasteiger partial charge in [0.25, 0.3) is 0 Å². The van der Waals surface area contributed by atoms with Crippen molar-refractivity contribution in [2.24, 2.45) is 0 Å². The highest BCUT2D eigenvalue weighted by Crippen LogP contribution is 2.33. The molecule has 0 bridgehead atoms. The molecule has 2 N–H and O–H groups in total. The molecule has 5 nitrogen and oxygen atoms in total. The first kappa shape index (κ1) is 16.3. The summed E-state index contributed by atoms with van der Waals surface area (Å²) in [6.07, 6.45) is 2.26. The van der Waals surface area contributed by atoms with Crippen LogP contribution in [-0.4, -0.2) is 16.0 Å². The minimum atomic E-state index is -0.0576. The van der Waals surface area contributed by atoms with Crippen molar-refractivity contribution >= 4 is 34.3 Å². The fourth-order valence-electron chi connectivity index (χ4n) is 2.36. The van der Waals surface area contributed by atoms with Gasteiger partial charge in [-0.05, 0) is 42.8 Å². The van der Waals surface area contributed by atoms with E-state index in [1.807, 2.05) is 6.92 Å². The van der Waals surface area contributed by atoms with Crippen molar-refractivity contribution in [3.8, 4) is 17.2 Å². The maximum atomic E-state index is 11.9. The van der Waals surface area contributed by atoms with Gasteiger partial charge in [-0.15, -0.1) is 0 Å². The maximum absolute atomic E-state index is 11.9. The fourth-order valence-corrected chi connectivity index (χ4v) is 2.53. The standard InChI is InChI=1S/C18H17ClN2O3/c1-2-3-4-17(23)20-12-6-7-15(22)13(10-12)18-21-14-9-11(19)5-8-16(14)24-18/h5-10,22H,2-4H2,1H3,(H,20,23). The number of rotatable bonds is 5. The van der Waals surface area contributed by atoms with Crippen LogP contribution in [0.25, 0.3) is 22.6 Å². The molecule has 1 amide bonds. The molecule has 0 radical (unpaired) electrons. The van der Waals surface area contributed by atoms with Gasteiger partial charge in [0.05, 0.1) is 5.56 Å². The number of carbonyl (C=O) groups is 1. The van der Waals surface area contributed by atoms with Gasteiger partial charge in [-0.3, -0.25) is 4.79 Å². The van der Waals surface area contributed by atoms with Crippen LogP contribution in [0.2, 0.25) is 5.02 Å². The molecule has 0 saturated carbocycles. The monoisotopic (exact) mass is 344 g/mol. The summed E-state index contributed by atoms with van der Waals surface area (Å²) in [4.78, 5) is 16.2. The highest BCUT2D eigenvalue weighted by atomic mass is 35.5. The van der Waals surface area contributed by atoms with Crippen LogP contribution in [0.15, 0.2) is 40.8 Å². The third-order valence-corrected chi connectivity index (χ3v) is 3.85. The van der Waals surface area contributed by atoms with E-state index in [0.717, 1.165) is 12.8 Å². The van der Waals surface area contributed by atoms with E-state index in [-0.39, 0.29) is 17.5 Å². The average molecular weight is 345 g/mol. The third-order valence-electron chi connectivity index (χ3n) is 3.62. The molecule has 1 heterocycles. The van der Waals surface area contributed by atoms with E-state index in [1.165, 1.54) is 6.07 Å². The number of carbonyl (C=O) groups excluding carboxylic acids is 1.